The summed E-state index contributed by atoms with van der Waals surface area (Å²) in [6.45, 7) is 0.770. The Balaban J connectivity index is 2.85. The second kappa shape index (κ2) is 5.80. The Morgan fingerprint density at radius 1 is 1.40 bits per heavy atom. The zero-order chi connectivity index (χ0) is 11.1. The topological polar surface area (TPSA) is 35.8 Å². The summed E-state index contributed by atoms with van der Waals surface area (Å²) in [4.78, 5) is 0. The van der Waals surface area contributed by atoms with E-state index in [0.29, 0.717) is 6.42 Å². The van der Waals surface area contributed by atoms with E-state index in [9.17, 15) is 4.39 Å². The number of hydrogen-bond acceptors (Lipinski definition) is 2. The Labute approximate surface area is 88.7 Å². The third kappa shape index (κ3) is 3.09. The van der Waals surface area contributed by atoms with E-state index >= 15 is 0 Å². The van der Waals surface area contributed by atoms with Gasteiger partial charge in [0.05, 0.1) is 11.1 Å². The molecule has 15 heavy (non-hydrogen) atoms. The fourth-order valence-electron chi connectivity index (χ4n) is 1.06. The summed E-state index contributed by atoms with van der Waals surface area (Å²) in [6, 6.07) is 6.42. The summed E-state index contributed by atoms with van der Waals surface area (Å²) >= 11 is 0. The number of halogens is 1. The van der Waals surface area contributed by atoms with Crippen LogP contribution in [-0.2, 0) is 0 Å². The van der Waals surface area contributed by atoms with Gasteiger partial charge in [0.1, 0.15) is 6.07 Å². The number of nitrogens with zero attached hydrogens (tertiary/aromatic N) is 1. The molecule has 0 saturated carbocycles. The van der Waals surface area contributed by atoms with Gasteiger partial charge >= 0.3 is 0 Å². The highest BCUT2D eigenvalue weighted by Crippen LogP contribution is 2.10. The Morgan fingerprint density at radius 2 is 2.13 bits per heavy atom. The lowest BCUT2D eigenvalue weighted by Gasteiger charge is -1.95. The third-order valence-electron chi connectivity index (χ3n) is 1.84. The molecule has 76 valence electrons. The van der Waals surface area contributed by atoms with Crippen molar-refractivity contribution in [2.24, 2.45) is 0 Å². The summed E-state index contributed by atoms with van der Waals surface area (Å²) < 4.78 is 13.4. The molecule has 0 aliphatic heterocycles. The van der Waals surface area contributed by atoms with Crippen LogP contribution in [0.15, 0.2) is 18.2 Å². The van der Waals surface area contributed by atoms with Crippen molar-refractivity contribution >= 4 is 0 Å². The molecular formula is C12H11FN2. The minimum Gasteiger partial charge on any atom is -0.319 e. The van der Waals surface area contributed by atoms with Crippen molar-refractivity contribution < 1.29 is 4.39 Å². The minimum atomic E-state index is -0.531. The lowest BCUT2D eigenvalue weighted by atomic mass is 10.1. The number of nitriles is 1. The fraction of sp³-hybridized carbons (Fsp3) is 0.250. The van der Waals surface area contributed by atoms with Crippen LogP contribution in [0.4, 0.5) is 4.39 Å². The van der Waals surface area contributed by atoms with Gasteiger partial charge in [-0.05, 0) is 19.2 Å². The van der Waals surface area contributed by atoms with Gasteiger partial charge in [-0.2, -0.15) is 5.26 Å². The van der Waals surface area contributed by atoms with Gasteiger partial charge in [-0.1, -0.05) is 17.9 Å². The largest absolute Gasteiger partial charge is 0.319 e. The Hall–Kier alpha value is -1.84. The van der Waals surface area contributed by atoms with Crippen LogP contribution in [0.2, 0.25) is 0 Å². The van der Waals surface area contributed by atoms with Crippen molar-refractivity contribution in [3.05, 3.63) is 35.1 Å². The van der Waals surface area contributed by atoms with Gasteiger partial charge in [0.2, 0.25) is 0 Å². The van der Waals surface area contributed by atoms with Crippen LogP contribution >= 0.6 is 0 Å². The van der Waals surface area contributed by atoms with E-state index in [2.05, 4.69) is 17.2 Å². The number of benzene rings is 1. The molecule has 0 aliphatic carbocycles. The van der Waals surface area contributed by atoms with Crippen LogP contribution < -0.4 is 5.32 Å². The maximum atomic E-state index is 13.4. The molecule has 0 heterocycles. The molecule has 0 aromatic heterocycles. The normalized spacial score (nSPS) is 8.87. The standard InChI is InChI=1S/C12H11FN2/c1-15-8-3-2-5-10-6-4-7-11(9-14)12(10)13/h4,6-7,15H,3,8H2,1H3. The maximum absolute atomic E-state index is 13.4. The van der Waals surface area contributed by atoms with Crippen molar-refractivity contribution in [2.45, 2.75) is 6.42 Å². The number of hydrogen-bond donors (Lipinski definition) is 1. The summed E-state index contributed by atoms with van der Waals surface area (Å²) in [6.07, 6.45) is 0.659. The predicted octanol–water partition coefficient (Wildman–Crippen LogP) is 1.66. The van der Waals surface area contributed by atoms with E-state index in [0.717, 1.165) is 6.54 Å². The smallest absolute Gasteiger partial charge is 0.156 e. The van der Waals surface area contributed by atoms with Gasteiger partial charge in [-0.15, -0.1) is 0 Å². The zero-order valence-electron chi connectivity index (χ0n) is 8.47. The molecule has 0 aliphatic rings. The first-order valence-electron chi connectivity index (χ1n) is 4.61. The van der Waals surface area contributed by atoms with Gasteiger partial charge in [-0.25, -0.2) is 4.39 Å². The molecular weight excluding hydrogens is 191 g/mol. The number of nitrogens with one attached hydrogen (secondary N) is 1. The molecule has 0 saturated heterocycles. The summed E-state index contributed by atoms with van der Waals surface area (Å²) in [5.41, 5.74) is 0.320. The van der Waals surface area contributed by atoms with Crippen LogP contribution in [0.3, 0.4) is 0 Å². The molecule has 0 bridgehead atoms. The number of rotatable bonds is 2. The molecule has 0 spiro atoms. The lowest BCUT2D eigenvalue weighted by molar-refractivity contribution is 0.620. The second-order valence-electron chi connectivity index (χ2n) is 2.93. The second-order valence-corrected chi connectivity index (χ2v) is 2.93. The summed E-state index contributed by atoms with van der Waals surface area (Å²) in [7, 11) is 1.83. The Bertz CT molecular complexity index is 435. The Morgan fingerprint density at radius 3 is 2.80 bits per heavy atom. The Kier molecular flexibility index (Phi) is 4.34. The zero-order valence-corrected chi connectivity index (χ0v) is 8.47. The molecule has 1 rings (SSSR count). The van der Waals surface area contributed by atoms with E-state index in [4.69, 9.17) is 5.26 Å². The predicted molar refractivity (Wildman–Crippen MR) is 56.5 cm³/mol. The highest BCUT2D eigenvalue weighted by atomic mass is 19.1. The van der Waals surface area contributed by atoms with E-state index in [-0.39, 0.29) is 11.1 Å². The van der Waals surface area contributed by atoms with Crippen molar-refractivity contribution in [3.63, 3.8) is 0 Å². The third-order valence-corrected chi connectivity index (χ3v) is 1.84. The molecule has 1 aromatic carbocycles. The van der Waals surface area contributed by atoms with Gasteiger partial charge in [-0.3, -0.25) is 0 Å². The highest BCUT2D eigenvalue weighted by molar-refractivity contribution is 5.43. The average molecular weight is 202 g/mol. The van der Waals surface area contributed by atoms with Gasteiger partial charge in [0.25, 0.3) is 0 Å². The molecule has 0 amide bonds. The van der Waals surface area contributed by atoms with Crippen LogP contribution in [0.5, 0.6) is 0 Å². The first-order chi connectivity index (χ1) is 7.29. The van der Waals surface area contributed by atoms with Gasteiger partial charge in [0, 0.05) is 13.0 Å². The fourth-order valence-corrected chi connectivity index (χ4v) is 1.06. The first kappa shape index (κ1) is 11.2. The summed E-state index contributed by atoms with van der Waals surface area (Å²) in [5, 5.41) is 11.5. The molecule has 0 fully saturated rings. The molecule has 0 unspecified atom stereocenters. The van der Waals surface area contributed by atoms with Crippen molar-refractivity contribution in [3.8, 4) is 17.9 Å². The minimum absolute atomic E-state index is 0.0374. The van der Waals surface area contributed by atoms with E-state index < -0.39 is 5.82 Å². The van der Waals surface area contributed by atoms with E-state index in [1.807, 2.05) is 7.05 Å². The molecule has 2 nitrogen and oxygen atoms in total. The van der Waals surface area contributed by atoms with Gasteiger partial charge < -0.3 is 5.32 Å². The molecule has 3 heteroatoms. The molecule has 1 aromatic rings. The van der Waals surface area contributed by atoms with Crippen LogP contribution in [0.25, 0.3) is 0 Å². The van der Waals surface area contributed by atoms with Crippen LogP contribution in [0, 0.1) is 29.0 Å². The average Bonchev–Trinajstić information content (AvgIpc) is 2.26. The molecule has 1 N–H and O–H groups in total. The van der Waals surface area contributed by atoms with Crippen molar-refractivity contribution in [2.75, 3.05) is 13.6 Å². The highest BCUT2D eigenvalue weighted by Gasteiger charge is 2.04. The molecule has 0 radical (unpaired) electrons. The van der Waals surface area contributed by atoms with Crippen LogP contribution in [-0.4, -0.2) is 13.6 Å². The quantitative estimate of drug-likeness (QED) is 0.584. The SMILES string of the molecule is CNCCC#Cc1cccc(C#N)c1F. The maximum Gasteiger partial charge on any atom is 0.156 e. The van der Waals surface area contributed by atoms with Crippen molar-refractivity contribution in [1.82, 2.24) is 5.32 Å². The monoisotopic (exact) mass is 202 g/mol. The molecule has 0 atom stereocenters. The van der Waals surface area contributed by atoms with E-state index in [1.54, 1.807) is 18.2 Å². The lowest BCUT2D eigenvalue weighted by Crippen LogP contribution is -2.05. The van der Waals surface area contributed by atoms with Crippen LogP contribution in [0.1, 0.15) is 17.5 Å². The summed E-state index contributed by atoms with van der Waals surface area (Å²) in [5.74, 6) is 5.01. The van der Waals surface area contributed by atoms with Gasteiger partial charge in [0.15, 0.2) is 5.82 Å². The van der Waals surface area contributed by atoms with Crippen molar-refractivity contribution in [1.29, 1.82) is 5.26 Å². The first-order valence-corrected chi connectivity index (χ1v) is 4.61. The van der Waals surface area contributed by atoms with E-state index in [1.165, 1.54) is 6.07 Å².